The van der Waals surface area contributed by atoms with Crippen LogP contribution in [0.5, 0.6) is 5.75 Å². The third kappa shape index (κ3) is 5.42. The molecule has 1 saturated heterocycles. The molecule has 154 valence electrons. The Kier molecular flexibility index (Phi) is 6.21. The number of hydrogen-bond acceptors (Lipinski definition) is 5. The van der Waals surface area contributed by atoms with Gasteiger partial charge in [0.15, 0.2) is 5.17 Å². The first-order valence-electron chi connectivity index (χ1n) is 9.40. The standard InChI is InChI=1S/C24H17ClN2O3S/c1-15-5-7-17(8-6-15)23(29)30-20-4-2-3-16(13-20)14-21-22(28)27-24(31-21)26-19-11-9-18(25)10-12-19/h2-14H,1H3,(H,26,27,28)/b21-14-. The summed E-state index contributed by atoms with van der Waals surface area (Å²) in [5.74, 6) is -0.270. The molecule has 0 saturated carbocycles. The van der Waals surface area contributed by atoms with E-state index in [9.17, 15) is 9.59 Å². The molecule has 4 rings (SSSR count). The lowest BCUT2D eigenvalue weighted by Crippen LogP contribution is -2.19. The number of aryl methyl sites for hydroxylation is 1. The van der Waals surface area contributed by atoms with Crippen LogP contribution in [-0.4, -0.2) is 17.0 Å². The maximum absolute atomic E-state index is 12.3. The van der Waals surface area contributed by atoms with Crippen LogP contribution in [0.3, 0.4) is 0 Å². The maximum Gasteiger partial charge on any atom is 0.343 e. The van der Waals surface area contributed by atoms with Crippen molar-refractivity contribution in [2.45, 2.75) is 6.92 Å². The lowest BCUT2D eigenvalue weighted by Gasteiger charge is -2.05. The number of esters is 1. The number of carbonyl (C=O) groups is 2. The second-order valence-electron chi connectivity index (χ2n) is 6.79. The number of ether oxygens (including phenoxy) is 1. The highest BCUT2D eigenvalue weighted by molar-refractivity contribution is 8.18. The number of thioether (sulfide) groups is 1. The molecule has 5 nitrogen and oxygen atoms in total. The van der Waals surface area contributed by atoms with Crippen LogP contribution in [0.15, 0.2) is 82.7 Å². The highest BCUT2D eigenvalue weighted by Crippen LogP contribution is 2.29. The molecule has 1 N–H and O–H groups in total. The van der Waals surface area contributed by atoms with Crippen LogP contribution in [0.4, 0.5) is 5.69 Å². The molecule has 1 heterocycles. The highest BCUT2D eigenvalue weighted by atomic mass is 35.5. The van der Waals surface area contributed by atoms with Crippen molar-refractivity contribution in [2.24, 2.45) is 4.99 Å². The van der Waals surface area contributed by atoms with Gasteiger partial charge in [-0.1, -0.05) is 41.4 Å². The minimum absolute atomic E-state index is 0.236. The van der Waals surface area contributed by atoms with Crippen LogP contribution in [0, 0.1) is 6.92 Å². The van der Waals surface area contributed by atoms with Gasteiger partial charge in [0.05, 0.1) is 16.2 Å². The van der Waals surface area contributed by atoms with E-state index in [1.54, 1.807) is 60.7 Å². The fraction of sp³-hybridized carbons (Fsp3) is 0.0417. The summed E-state index contributed by atoms with van der Waals surface area (Å²) < 4.78 is 5.47. The van der Waals surface area contributed by atoms with Crippen LogP contribution in [-0.2, 0) is 4.79 Å². The molecule has 3 aromatic rings. The van der Waals surface area contributed by atoms with Gasteiger partial charge in [0.25, 0.3) is 5.91 Å². The lowest BCUT2D eigenvalue weighted by atomic mass is 10.1. The van der Waals surface area contributed by atoms with Crippen molar-refractivity contribution in [1.82, 2.24) is 5.32 Å². The summed E-state index contributed by atoms with van der Waals surface area (Å²) in [6.45, 7) is 1.95. The van der Waals surface area contributed by atoms with Gasteiger partial charge in [-0.3, -0.25) is 4.79 Å². The van der Waals surface area contributed by atoms with Crippen molar-refractivity contribution in [3.05, 3.63) is 99.4 Å². The molecule has 1 amide bonds. The van der Waals surface area contributed by atoms with E-state index in [2.05, 4.69) is 10.3 Å². The molecular formula is C24H17ClN2O3S. The molecule has 7 heteroatoms. The summed E-state index contributed by atoms with van der Waals surface area (Å²) in [5, 5.41) is 3.86. The molecule has 3 aromatic carbocycles. The molecule has 0 radical (unpaired) electrons. The molecule has 1 aliphatic heterocycles. The minimum Gasteiger partial charge on any atom is -0.423 e. The van der Waals surface area contributed by atoms with Crippen molar-refractivity contribution in [2.75, 3.05) is 0 Å². The number of nitrogens with zero attached hydrogens (tertiary/aromatic N) is 1. The van der Waals surface area contributed by atoms with E-state index in [-0.39, 0.29) is 5.91 Å². The van der Waals surface area contributed by atoms with Gasteiger partial charge in [0, 0.05) is 5.02 Å². The van der Waals surface area contributed by atoms with Crippen molar-refractivity contribution < 1.29 is 14.3 Å². The molecule has 0 unspecified atom stereocenters. The van der Waals surface area contributed by atoms with E-state index in [1.807, 2.05) is 25.1 Å². The van der Waals surface area contributed by atoms with Gasteiger partial charge in [-0.25, -0.2) is 9.79 Å². The zero-order chi connectivity index (χ0) is 21.8. The number of halogens is 1. The van der Waals surface area contributed by atoms with E-state index < -0.39 is 5.97 Å². The second-order valence-corrected chi connectivity index (χ2v) is 8.25. The van der Waals surface area contributed by atoms with E-state index in [0.717, 1.165) is 11.1 Å². The second kappa shape index (κ2) is 9.20. The van der Waals surface area contributed by atoms with Crippen LogP contribution in [0.25, 0.3) is 6.08 Å². The Morgan fingerprint density at radius 3 is 2.55 bits per heavy atom. The Balaban J connectivity index is 1.48. The number of aliphatic imine (C=N–C) groups is 1. The lowest BCUT2D eigenvalue weighted by molar-refractivity contribution is -0.115. The van der Waals surface area contributed by atoms with Gasteiger partial charge in [0.2, 0.25) is 0 Å². The average Bonchev–Trinajstić information content (AvgIpc) is 3.09. The van der Waals surface area contributed by atoms with E-state index in [4.69, 9.17) is 16.3 Å². The van der Waals surface area contributed by atoms with Crippen molar-refractivity contribution >= 4 is 52.2 Å². The predicted molar refractivity (Wildman–Crippen MR) is 125 cm³/mol. The van der Waals surface area contributed by atoms with Gasteiger partial charge in [-0.05, 0) is 78.9 Å². The predicted octanol–water partition coefficient (Wildman–Crippen LogP) is 5.76. The van der Waals surface area contributed by atoms with Crippen molar-refractivity contribution in [3.63, 3.8) is 0 Å². The topological polar surface area (TPSA) is 67.8 Å². The molecule has 0 aromatic heterocycles. The Hall–Kier alpha value is -3.35. The van der Waals surface area contributed by atoms with Crippen LogP contribution in [0.2, 0.25) is 5.02 Å². The largest absolute Gasteiger partial charge is 0.423 e. The number of carbonyl (C=O) groups excluding carboxylic acids is 2. The van der Waals surface area contributed by atoms with Crippen molar-refractivity contribution in [3.8, 4) is 5.75 Å². The Morgan fingerprint density at radius 2 is 1.81 bits per heavy atom. The first kappa shape index (κ1) is 20.9. The summed E-state index contributed by atoms with van der Waals surface area (Å²) in [6, 6.07) is 21.2. The smallest absolute Gasteiger partial charge is 0.343 e. The minimum atomic E-state index is -0.435. The average molecular weight is 449 g/mol. The Labute approximate surface area is 188 Å². The third-order valence-corrected chi connectivity index (χ3v) is 5.52. The van der Waals surface area contributed by atoms with Gasteiger partial charge >= 0.3 is 5.97 Å². The monoisotopic (exact) mass is 448 g/mol. The van der Waals surface area contributed by atoms with Crippen molar-refractivity contribution in [1.29, 1.82) is 0 Å². The van der Waals surface area contributed by atoms with Gasteiger partial charge in [-0.15, -0.1) is 0 Å². The summed E-state index contributed by atoms with van der Waals surface area (Å²) in [4.78, 5) is 29.6. The highest BCUT2D eigenvalue weighted by Gasteiger charge is 2.23. The summed E-state index contributed by atoms with van der Waals surface area (Å²) >= 11 is 7.13. The first-order chi connectivity index (χ1) is 15.0. The molecule has 0 bridgehead atoms. The number of rotatable bonds is 4. The van der Waals surface area contributed by atoms with E-state index in [1.165, 1.54) is 11.8 Å². The number of nitrogens with one attached hydrogen (secondary N) is 1. The maximum atomic E-state index is 12.3. The molecule has 0 aliphatic carbocycles. The van der Waals surface area contributed by atoms with E-state index >= 15 is 0 Å². The van der Waals surface area contributed by atoms with Crippen LogP contribution < -0.4 is 10.1 Å². The summed E-state index contributed by atoms with van der Waals surface area (Å²) in [6.07, 6.45) is 1.73. The van der Waals surface area contributed by atoms with Gasteiger partial charge in [0.1, 0.15) is 5.75 Å². The SMILES string of the molecule is Cc1ccc(C(=O)Oc2cccc(/C=C3\SC(=Nc4ccc(Cl)cc4)NC3=O)c2)cc1. The normalized spacial score (nSPS) is 15.9. The molecule has 1 fully saturated rings. The zero-order valence-corrected chi connectivity index (χ0v) is 18.0. The van der Waals surface area contributed by atoms with Crippen LogP contribution in [0.1, 0.15) is 21.5 Å². The summed E-state index contributed by atoms with van der Waals surface area (Å²) in [5.41, 5.74) is 2.97. The number of hydrogen-bond donors (Lipinski definition) is 1. The zero-order valence-electron chi connectivity index (χ0n) is 16.5. The molecule has 1 aliphatic rings. The quantitative estimate of drug-likeness (QED) is 0.313. The fourth-order valence-electron chi connectivity index (χ4n) is 2.79. The number of amides is 1. The number of benzene rings is 3. The first-order valence-corrected chi connectivity index (χ1v) is 10.6. The number of amidine groups is 1. The molecular weight excluding hydrogens is 432 g/mol. The Morgan fingerprint density at radius 1 is 1.06 bits per heavy atom. The van der Waals surface area contributed by atoms with E-state index in [0.29, 0.717) is 32.1 Å². The molecule has 0 atom stereocenters. The van der Waals surface area contributed by atoms with Crippen LogP contribution >= 0.6 is 23.4 Å². The summed E-state index contributed by atoms with van der Waals surface area (Å²) in [7, 11) is 0. The van der Waals surface area contributed by atoms with Gasteiger partial charge in [-0.2, -0.15) is 0 Å². The third-order valence-electron chi connectivity index (χ3n) is 4.36. The fourth-order valence-corrected chi connectivity index (χ4v) is 3.76. The Bertz CT molecular complexity index is 1200. The molecule has 31 heavy (non-hydrogen) atoms. The van der Waals surface area contributed by atoms with Gasteiger partial charge < -0.3 is 10.1 Å². The molecule has 0 spiro atoms.